The lowest BCUT2D eigenvalue weighted by Crippen LogP contribution is -2.51. The van der Waals surface area contributed by atoms with Gasteiger partial charge >= 0.3 is 5.97 Å². The zero-order valence-corrected chi connectivity index (χ0v) is 13.4. The molecule has 0 aromatic carbocycles. The van der Waals surface area contributed by atoms with E-state index < -0.39 is 12.0 Å². The van der Waals surface area contributed by atoms with Gasteiger partial charge < -0.3 is 20.6 Å². The maximum atomic E-state index is 12.1. The lowest BCUT2D eigenvalue weighted by molar-refractivity contribution is -0.712. The number of thioether (sulfide) groups is 1. The van der Waals surface area contributed by atoms with Crippen molar-refractivity contribution in [1.82, 2.24) is 15.4 Å². The number of rotatable bonds is 7. The normalized spacial score (nSPS) is 17.9. The minimum Gasteiger partial charge on any atom is -0.569 e. The average molecular weight is 335 g/mol. The Bertz CT molecular complexity index is 414. The molecular weight excluding hydrogens is 314 g/mol. The van der Waals surface area contributed by atoms with Crippen molar-refractivity contribution in [3.8, 4) is 0 Å². The molecule has 0 aromatic rings. The summed E-state index contributed by atoms with van der Waals surface area (Å²) in [4.78, 5) is 28.6. The van der Waals surface area contributed by atoms with Crippen molar-refractivity contribution in [2.24, 2.45) is 5.28 Å². The standard InChI is InChI=1S/C11H21N5O5S/c1-9(17)12-10(3-8-22-2)11(18)21-15-6-4-14(5-7-15)16(20)13-19/h10,19H,3-8H2,1-2H3,(H,12,17)/b16-13-. The molecule has 126 valence electrons. The summed E-state index contributed by atoms with van der Waals surface area (Å²) in [6, 6.07) is -0.688. The highest BCUT2D eigenvalue weighted by atomic mass is 32.2. The van der Waals surface area contributed by atoms with E-state index in [2.05, 4.69) is 10.6 Å². The number of nitrogens with one attached hydrogen (secondary N) is 1. The van der Waals surface area contributed by atoms with Crippen LogP contribution >= 0.6 is 11.8 Å². The van der Waals surface area contributed by atoms with Crippen LogP contribution in [-0.4, -0.2) is 76.4 Å². The summed E-state index contributed by atoms with van der Waals surface area (Å²) in [6.45, 7) is 2.47. The highest BCUT2D eigenvalue weighted by Crippen LogP contribution is 2.07. The fourth-order valence-electron chi connectivity index (χ4n) is 1.92. The van der Waals surface area contributed by atoms with Crippen LogP contribution in [0.25, 0.3) is 0 Å². The zero-order chi connectivity index (χ0) is 16.5. The maximum absolute atomic E-state index is 12.1. The highest BCUT2D eigenvalue weighted by Gasteiger charge is 2.28. The van der Waals surface area contributed by atoms with E-state index in [0.29, 0.717) is 19.5 Å². The molecule has 0 bridgehead atoms. The van der Waals surface area contributed by atoms with E-state index in [1.54, 1.807) is 11.8 Å². The number of amides is 1. The first kappa shape index (κ1) is 18.3. The molecule has 0 saturated carbocycles. The van der Waals surface area contributed by atoms with Crippen LogP contribution in [0.2, 0.25) is 0 Å². The number of hydrazine groups is 1. The Morgan fingerprint density at radius 2 is 2.09 bits per heavy atom. The number of hydrogen-bond donors (Lipinski definition) is 2. The van der Waals surface area contributed by atoms with Gasteiger partial charge in [0, 0.05) is 6.92 Å². The highest BCUT2D eigenvalue weighted by molar-refractivity contribution is 7.98. The van der Waals surface area contributed by atoms with Crippen LogP contribution in [-0.2, 0) is 14.4 Å². The average Bonchev–Trinajstić information content (AvgIpc) is 2.50. The Hall–Kier alpha value is -1.75. The quantitative estimate of drug-likeness (QED) is 0.366. The Morgan fingerprint density at radius 3 is 2.59 bits per heavy atom. The molecule has 1 fully saturated rings. The molecule has 11 heteroatoms. The van der Waals surface area contributed by atoms with Gasteiger partial charge in [-0.3, -0.25) is 4.79 Å². The fraction of sp³-hybridized carbons (Fsp3) is 0.818. The molecule has 10 nitrogen and oxygen atoms in total. The Morgan fingerprint density at radius 1 is 1.45 bits per heavy atom. The number of hydrogen-bond acceptors (Lipinski definition) is 7. The molecule has 1 atom stereocenters. The third-order valence-electron chi connectivity index (χ3n) is 3.03. The first-order valence-electron chi connectivity index (χ1n) is 6.77. The molecule has 1 heterocycles. The number of piperazine rings is 1. The van der Waals surface area contributed by atoms with Crippen LogP contribution in [0, 0.1) is 5.21 Å². The van der Waals surface area contributed by atoms with Crippen molar-refractivity contribution in [2.45, 2.75) is 19.4 Å². The summed E-state index contributed by atoms with van der Waals surface area (Å²) in [5.74, 6) is -0.0975. The van der Waals surface area contributed by atoms with E-state index in [1.807, 2.05) is 6.26 Å². The van der Waals surface area contributed by atoms with Crippen LogP contribution < -0.4 is 5.32 Å². The van der Waals surface area contributed by atoms with E-state index in [9.17, 15) is 14.8 Å². The second-order valence-electron chi connectivity index (χ2n) is 4.67. The molecular formula is C11H21N5O5S. The van der Waals surface area contributed by atoms with E-state index in [4.69, 9.17) is 10.0 Å². The molecule has 1 aliphatic rings. The van der Waals surface area contributed by atoms with Gasteiger partial charge in [-0.05, 0) is 18.4 Å². The molecule has 0 radical (unpaired) electrons. The Labute approximate surface area is 132 Å². The molecule has 0 spiro atoms. The first-order valence-corrected chi connectivity index (χ1v) is 8.17. The summed E-state index contributed by atoms with van der Waals surface area (Å²) in [7, 11) is 0. The van der Waals surface area contributed by atoms with E-state index in [0.717, 1.165) is 5.75 Å². The summed E-state index contributed by atoms with van der Waals surface area (Å²) in [5.41, 5.74) is 0. The molecule has 22 heavy (non-hydrogen) atoms. The number of carbonyl (C=O) groups excluding carboxylic acids is 2. The molecule has 1 saturated heterocycles. The minimum absolute atomic E-state index is 0.0950. The van der Waals surface area contributed by atoms with Crippen molar-refractivity contribution in [3.05, 3.63) is 5.21 Å². The van der Waals surface area contributed by atoms with Gasteiger partial charge in [-0.2, -0.15) is 11.8 Å². The van der Waals surface area contributed by atoms with Gasteiger partial charge in [0.05, 0.1) is 31.1 Å². The zero-order valence-electron chi connectivity index (χ0n) is 12.6. The molecule has 2 N–H and O–H groups in total. The van der Waals surface area contributed by atoms with Gasteiger partial charge in [-0.15, -0.1) is 10.1 Å². The molecule has 1 aliphatic heterocycles. The summed E-state index contributed by atoms with van der Waals surface area (Å²) < 4.78 is 0. The van der Waals surface area contributed by atoms with Crippen molar-refractivity contribution in [1.29, 1.82) is 0 Å². The Kier molecular flexibility index (Phi) is 7.74. The molecule has 0 aromatic heterocycles. The predicted octanol–water partition coefficient (Wildman–Crippen LogP) is -0.413. The van der Waals surface area contributed by atoms with Crippen molar-refractivity contribution in [3.63, 3.8) is 0 Å². The van der Waals surface area contributed by atoms with Gasteiger partial charge in [0.2, 0.25) is 11.2 Å². The summed E-state index contributed by atoms with van der Waals surface area (Å²) >= 11 is 1.57. The lowest BCUT2D eigenvalue weighted by atomic mass is 10.2. The fourth-order valence-corrected chi connectivity index (χ4v) is 2.39. The van der Waals surface area contributed by atoms with Crippen LogP contribution in [0.5, 0.6) is 0 Å². The number of hydroxylamine groups is 2. The maximum Gasteiger partial charge on any atom is 0.347 e. The van der Waals surface area contributed by atoms with E-state index >= 15 is 0 Å². The number of carbonyl (C=O) groups is 2. The van der Waals surface area contributed by atoms with Crippen molar-refractivity contribution in [2.75, 3.05) is 38.2 Å². The summed E-state index contributed by atoms with van der Waals surface area (Å²) in [5, 5.41) is 27.3. The van der Waals surface area contributed by atoms with Gasteiger partial charge in [0.25, 0.3) is 0 Å². The second kappa shape index (κ2) is 9.30. The van der Waals surface area contributed by atoms with Crippen LogP contribution in [0.1, 0.15) is 13.3 Å². The topological polar surface area (TPSA) is 121 Å². The molecule has 0 aliphatic carbocycles. The number of nitrogens with zero attached hydrogens (tertiary/aromatic N) is 4. The summed E-state index contributed by atoms with van der Waals surface area (Å²) in [6.07, 6.45) is 2.40. The first-order chi connectivity index (χ1) is 10.5. The van der Waals surface area contributed by atoms with E-state index in [1.165, 1.54) is 17.0 Å². The SMILES string of the molecule is CSCCC(NC(C)=O)C(=O)ON1CCN(/[N+]([O-])=N/O)CC1. The van der Waals surface area contributed by atoms with E-state index in [-0.39, 0.29) is 24.0 Å². The van der Waals surface area contributed by atoms with Crippen LogP contribution in [0.4, 0.5) is 0 Å². The molecule has 1 rings (SSSR count). The smallest absolute Gasteiger partial charge is 0.347 e. The molecule has 1 unspecified atom stereocenters. The minimum atomic E-state index is -0.688. The third kappa shape index (κ3) is 5.93. The lowest BCUT2D eigenvalue weighted by Gasteiger charge is -2.30. The van der Waals surface area contributed by atoms with Crippen LogP contribution in [0.15, 0.2) is 5.28 Å². The van der Waals surface area contributed by atoms with Crippen LogP contribution in [0.3, 0.4) is 0 Å². The third-order valence-corrected chi connectivity index (χ3v) is 3.67. The van der Waals surface area contributed by atoms with Crippen molar-refractivity contribution < 1.29 is 24.6 Å². The predicted molar refractivity (Wildman–Crippen MR) is 77.7 cm³/mol. The second-order valence-corrected chi connectivity index (χ2v) is 5.66. The van der Waals surface area contributed by atoms with Gasteiger partial charge in [-0.25, -0.2) is 4.79 Å². The monoisotopic (exact) mass is 335 g/mol. The van der Waals surface area contributed by atoms with Gasteiger partial charge in [0.1, 0.15) is 6.04 Å². The van der Waals surface area contributed by atoms with Crippen molar-refractivity contribution >= 4 is 23.6 Å². The Balaban J connectivity index is 2.47. The largest absolute Gasteiger partial charge is 0.569 e. The van der Waals surface area contributed by atoms with Gasteiger partial charge in [0.15, 0.2) is 0 Å². The van der Waals surface area contributed by atoms with Gasteiger partial charge in [-0.1, -0.05) is 0 Å². The molecule has 1 amide bonds.